The normalized spacial score (nSPS) is 23.1. The van der Waals surface area contributed by atoms with Gasteiger partial charge in [-0.25, -0.2) is 4.98 Å². The van der Waals surface area contributed by atoms with E-state index in [1.165, 1.54) is 29.4 Å². The topological polar surface area (TPSA) is 25.4 Å². The Labute approximate surface area is 150 Å². The summed E-state index contributed by atoms with van der Waals surface area (Å²) < 4.78 is 5.89. The highest BCUT2D eigenvalue weighted by Crippen LogP contribution is 2.37. The lowest BCUT2D eigenvalue weighted by Crippen LogP contribution is -2.34. The maximum absolute atomic E-state index is 5.89. The van der Waals surface area contributed by atoms with Crippen molar-refractivity contribution in [3.63, 3.8) is 0 Å². The van der Waals surface area contributed by atoms with E-state index in [0.717, 1.165) is 42.8 Å². The number of nitrogens with zero attached hydrogens (tertiary/aromatic N) is 2. The molecule has 2 bridgehead atoms. The first-order valence-electron chi connectivity index (χ1n) is 9.69. The van der Waals surface area contributed by atoms with Gasteiger partial charge in [-0.2, -0.15) is 0 Å². The van der Waals surface area contributed by atoms with Crippen LogP contribution in [0, 0.1) is 0 Å². The molecule has 0 N–H and O–H groups in total. The Balaban J connectivity index is 1.73. The van der Waals surface area contributed by atoms with Crippen LogP contribution in [-0.2, 0) is 6.42 Å². The first-order valence-corrected chi connectivity index (χ1v) is 9.69. The van der Waals surface area contributed by atoms with Crippen molar-refractivity contribution in [2.45, 2.75) is 58.0 Å². The van der Waals surface area contributed by atoms with E-state index in [-0.39, 0.29) is 0 Å². The molecular formula is C22H28N2O. The van der Waals surface area contributed by atoms with E-state index in [1.807, 2.05) is 0 Å². The number of hydrogen-bond acceptors (Lipinski definition) is 3. The molecule has 3 heterocycles. The van der Waals surface area contributed by atoms with Crippen LogP contribution in [0.3, 0.4) is 0 Å². The lowest BCUT2D eigenvalue weighted by atomic mass is 9.97. The number of benzene rings is 1. The zero-order valence-electron chi connectivity index (χ0n) is 15.6. The second kappa shape index (κ2) is 6.80. The van der Waals surface area contributed by atoms with E-state index in [4.69, 9.17) is 9.72 Å². The molecule has 2 unspecified atom stereocenters. The van der Waals surface area contributed by atoms with Gasteiger partial charge >= 0.3 is 0 Å². The Bertz CT molecular complexity index is 811. The summed E-state index contributed by atoms with van der Waals surface area (Å²) in [5.74, 6) is 0.952. The molecule has 0 radical (unpaired) electrons. The molecule has 0 saturated carbocycles. The van der Waals surface area contributed by atoms with Gasteiger partial charge in [0.15, 0.2) is 0 Å². The monoisotopic (exact) mass is 336 g/mol. The zero-order chi connectivity index (χ0) is 17.4. The number of ether oxygens (including phenoxy) is 1. The fourth-order valence-corrected chi connectivity index (χ4v) is 4.29. The Kier molecular flexibility index (Phi) is 4.51. The summed E-state index contributed by atoms with van der Waals surface area (Å²) in [6.45, 7) is 5.09. The van der Waals surface area contributed by atoms with Crippen molar-refractivity contribution in [3.05, 3.63) is 41.6 Å². The average molecular weight is 336 g/mol. The summed E-state index contributed by atoms with van der Waals surface area (Å²) >= 11 is 0. The Hall–Kier alpha value is -1.87. The van der Waals surface area contributed by atoms with E-state index in [0.29, 0.717) is 12.1 Å². The molecule has 3 nitrogen and oxygen atoms in total. The van der Waals surface area contributed by atoms with Gasteiger partial charge in [0.05, 0.1) is 17.8 Å². The molecule has 2 aliphatic heterocycles. The van der Waals surface area contributed by atoms with Crippen molar-refractivity contribution < 1.29 is 4.74 Å². The van der Waals surface area contributed by atoms with E-state index in [9.17, 15) is 0 Å². The fraction of sp³-hybridized carbons (Fsp3) is 0.500. The van der Waals surface area contributed by atoms with Crippen molar-refractivity contribution in [3.8, 4) is 5.75 Å². The van der Waals surface area contributed by atoms with Gasteiger partial charge in [-0.15, -0.1) is 0 Å². The lowest BCUT2D eigenvalue weighted by Gasteiger charge is -2.30. The minimum atomic E-state index is 0.594. The molecule has 2 aromatic rings. The maximum atomic E-state index is 5.89. The summed E-state index contributed by atoms with van der Waals surface area (Å²) in [4.78, 5) is 7.56. The van der Waals surface area contributed by atoms with E-state index in [1.54, 1.807) is 0 Å². The van der Waals surface area contributed by atoms with Crippen LogP contribution in [0.1, 0.15) is 50.8 Å². The van der Waals surface area contributed by atoms with Gasteiger partial charge in [0, 0.05) is 23.5 Å². The number of likely N-dealkylation sites (N-methyl/N-ethyl adjacent to an activating group) is 1. The quantitative estimate of drug-likeness (QED) is 0.781. The third-order valence-corrected chi connectivity index (χ3v) is 5.79. The van der Waals surface area contributed by atoms with Gasteiger partial charge in [0.2, 0.25) is 0 Å². The van der Waals surface area contributed by atoms with Crippen LogP contribution in [0.15, 0.2) is 30.3 Å². The predicted molar refractivity (Wildman–Crippen MR) is 104 cm³/mol. The van der Waals surface area contributed by atoms with Crippen molar-refractivity contribution in [2.24, 2.45) is 0 Å². The molecule has 1 aromatic heterocycles. The molecule has 25 heavy (non-hydrogen) atoms. The van der Waals surface area contributed by atoms with Gasteiger partial charge in [-0.3, -0.25) is 4.90 Å². The number of hydrogen-bond donors (Lipinski definition) is 0. The summed E-state index contributed by atoms with van der Waals surface area (Å²) in [6, 6.07) is 10.0. The van der Waals surface area contributed by atoms with Crippen LogP contribution < -0.4 is 4.74 Å². The minimum Gasteiger partial charge on any atom is -0.494 e. The second-order valence-corrected chi connectivity index (χ2v) is 7.41. The van der Waals surface area contributed by atoms with Crippen molar-refractivity contribution in [1.29, 1.82) is 0 Å². The van der Waals surface area contributed by atoms with Crippen LogP contribution in [0.2, 0.25) is 0 Å². The molecule has 4 rings (SSSR count). The third kappa shape index (κ3) is 3.06. The number of pyridine rings is 1. The van der Waals surface area contributed by atoms with Crippen molar-refractivity contribution in [2.75, 3.05) is 13.7 Å². The molecule has 0 amide bonds. The van der Waals surface area contributed by atoms with Gasteiger partial charge < -0.3 is 4.74 Å². The highest BCUT2D eigenvalue weighted by molar-refractivity contribution is 5.86. The highest BCUT2D eigenvalue weighted by Gasteiger charge is 2.34. The summed E-state index contributed by atoms with van der Waals surface area (Å²) in [5.41, 5.74) is 4.95. The van der Waals surface area contributed by atoms with Crippen LogP contribution in [-0.4, -0.2) is 35.6 Å². The molecule has 2 aliphatic rings. The van der Waals surface area contributed by atoms with Crippen LogP contribution in [0.25, 0.3) is 16.5 Å². The Morgan fingerprint density at radius 3 is 2.84 bits per heavy atom. The molecule has 1 fully saturated rings. The summed E-state index contributed by atoms with van der Waals surface area (Å²) in [6.07, 6.45) is 8.18. The SMILES string of the molecule is CCCOc1cc(CC)c2ccc(C3=CC4CCC(C3)N4C)nc2c1. The number of rotatable bonds is 5. The zero-order valence-corrected chi connectivity index (χ0v) is 15.6. The number of aromatic nitrogens is 1. The Morgan fingerprint density at radius 1 is 1.20 bits per heavy atom. The van der Waals surface area contributed by atoms with Crippen LogP contribution >= 0.6 is 0 Å². The van der Waals surface area contributed by atoms with Gasteiger partial charge in [-0.1, -0.05) is 26.0 Å². The standard InChI is InChI=1S/C22H28N2O/c1-4-10-25-19-13-15(5-2)20-8-9-21(23-22(20)14-19)16-11-17-6-7-18(12-16)24(17)3/h8-9,11,13-14,17-18H,4-7,10,12H2,1-3H3. The summed E-state index contributed by atoms with van der Waals surface area (Å²) in [7, 11) is 2.26. The van der Waals surface area contributed by atoms with Crippen molar-refractivity contribution >= 4 is 16.5 Å². The molecular weight excluding hydrogens is 308 g/mol. The number of fused-ring (bicyclic) bond motifs is 3. The molecule has 132 valence electrons. The van der Waals surface area contributed by atoms with Crippen LogP contribution in [0.5, 0.6) is 5.75 Å². The number of aryl methyl sites for hydroxylation is 1. The molecule has 2 atom stereocenters. The molecule has 3 heteroatoms. The molecule has 0 aliphatic carbocycles. The predicted octanol–water partition coefficient (Wildman–Crippen LogP) is 4.84. The molecule has 0 spiro atoms. The smallest absolute Gasteiger partial charge is 0.121 e. The first-order chi connectivity index (χ1) is 12.2. The van der Waals surface area contributed by atoms with E-state index >= 15 is 0 Å². The highest BCUT2D eigenvalue weighted by atomic mass is 16.5. The second-order valence-electron chi connectivity index (χ2n) is 7.41. The minimum absolute atomic E-state index is 0.594. The van der Waals surface area contributed by atoms with E-state index in [2.05, 4.69) is 56.1 Å². The Morgan fingerprint density at radius 2 is 2.08 bits per heavy atom. The van der Waals surface area contributed by atoms with Gasteiger partial charge in [0.25, 0.3) is 0 Å². The summed E-state index contributed by atoms with van der Waals surface area (Å²) in [5, 5.41) is 1.26. The van der Waals surface area contributed by atoms with Crippen LogP contribution in [0.4, 0.5) is 0 Å². The van der Waals surface area contributed by atoms with E-state index < -0.39 is 0 Å². The molecule has 1 saturated heterocycles. The average Bonchev–Trinajstić information content (AvgIpc) is 2.85. The van der Waals surface area contributed by atoms with Crippen molar-refractivity contribution in [1.82, 2.24) is 9.88 Å². The lowest BCUT2D eigenvalue weighted by molar-refractivity contribution is 0.264. The van der Waals surface area contributed by atoms with Gasteiger partial charge in [0.1, 0.15) is 5.75 Å². The first kappa shape index (κ1) is 16.6. The van der Waals surface area contributed by atoms with Gasteiger partial charge in [-0.05, 0) is 62.4 Å². The fourth-order valence-electron chi connectivity index (χ4n) is 4.29. The largest absolute Gasteiger partial charge is 0.494 e. The third-order valence-electron chi connectivity index (χ3n) is 5.79. The maximum Gasteiger partial charge on any atom is 0.121 e. The molecule has 1 aromatic carbocycles.